The Labute approximate surface area is 85.8 Å². The Hall–Kier alpha value is -1.33. The summed E-state index contributed by atoms with van der Waals surface area (Å²) in [6.45, 7) is 5.03. The highest BCUT2D eigenvalue weighted by Gasteiger charge is 2.08. The second-order valence-corrected chi connectivity index (χ2v) is 3.31. The number of nitrogens with one attached hydrogen (secondary N) is 1. The Morgan fingerprint density at radius 1 is 1.57 bits per heavy atom. The van der Waals surface area contributed by atoms with Crippen LogP contribution in [0.3, 0.4) is 0 Å². The highest BCUT2D eigenvalue weighted by atomic mass is 14.9. The van der Waals surface area contributed by atoms with Crippen LogP contribution in [-0.4, -0.2) is 11.5 Å². The van der Waals surface area contributed by atoms with Gasteiger partial charge in [-0.2, -0.15) is 0 Å². The van der Waals surface area contributed by atoms with E-state index in [1.54, 1.807) is 0 Å². The lowest BCUT2D eigenvalue weighted by atomic mass is 10.0. The van der Waals surface area contributed by atoms with Crippen LogP contribution in [0.4, 0.5) is 0 Å². The average Bonchev–Trinajstić information content (AvgIpc) is 2.17. The third kappa shape index (κ3) is 2.86. The van der Waals surface area contributed by atoms with Gasteiger partial charge in [0.05, 0.1) is 0 Å². The molecule has 1 heterocycles. The van der Waals surface area contributed by atoms with E-state index in [-0.39, 0.29) is 6.04 Å². The highest BCUT2D eigenvalue weighted by Crippen LogP contribution is 2.15. The van der Waals surface area contributed by atoms with Crippen LogP contribution in [0.15, 0.2) is 18.5 Å². The van der Waals surface area contributed by atoms with E-state index in [1.165, 1.54) is 11.1 Å². The van der Waals surface area contributed by atoms with Crippen LogP contribution in [0.5, 0.6) is 0 Å². The topological polar surface area (TPSA) is 24.9 Å². The Morgan fingerprint density at radius 2 is 2.36 bits per heavy atom. The normalized spacial score (nSPS) is 12.1. The SMILES string of the molecule is C#CCC(NCC)c1cncc(C)c1. The monoisotopic (exact) mass is 188 g/mol. The fourth-order valence-corrected chi connectivity index (χ4v) is 1.44. The Morgan fingerprint density at radius 3 is 2.93 bits per heavy atom. The van der Waals surface area contributed by atoms with E-state index in [2.05, 4.69) is 29.2 Å². The molecule has 0 saturated carbocycles. The lowest BCUT2D eigenvalue weighted by molar-refractivity contribution is 0.563. The van der Waals surface area contributed by atoms with Gasteiger partial charge in [-0.15, -0.1) is 12.3 Å². The van der Waals surface area contributed by atoms with Crippen LogP contribution < -0.4 is 5.32 Å². The molecule has 0 aliphatic heterocycles. The Kier molecular flexibility index (Phi) is 4.15. The Balaban J connectivity index is 2.82. The van der Waals surface area contributed by atoms with Crippen LogP contribution in [0, 0.1) is 19.3 Å². The van der Waals surface area contributed by atoms with Gasteiger partial charge < -0.3 is 5.32 Å². The molecule has 2 heteroatoms. The third-order valence-corrected chi connectivity index (χ3v) is 2.07. The van der Waals surface area contributed by atoms with Gasteiger partial charge in [0.1, 0.15) is 0 Å². The van der Waals surface area contributed by atoms with Gasteiger partial charge in [-0.05, 0) is 24.6 Å². The van der Waals surface area contributed by atoms with Crippen molar-refractivity contribution in [2.75, 3.05) is 6.54 Å². The van der Waals surface area contributed by atoms with Crippen LogP contribution in [0.1, 0.15) is 30.5 Å². The second-order valence-electron chi connectivity index (χ2n) is 3.31. The molecule has 0 bridgehead atoms. The molecule has 0 aromatic carbocycles. The summed E-state index contributed by atoms with van der Waals surface area (Å²) in [5, 5.41) is 3.34. The maximum Gasteiger partial charge on any atom is 0.0446 e. The van der Waals surface area contributed by atoms with E-state index in [0.29, 0.717) is 6.42 Å². The average molecular weight is 188 g/mol. The van der Waals surface area contributed by atoms with Crippen molar-refractivity contribution in [3.05, 3.63) is 29.6 Å². The van der Waals surface area contributed by atoms with Gasteiger partial charge in [0.2, 0.25) is 0 Å². The minimum atomic E-state index is 0.234. The number of pyridine rings is 1. The van der Waals surface area contributed by atoms with Gasteiger partial charge in [-0.3, -0.25) is 4.98 Å². The molecule has 0 amide bonds. The molecule has 1 unspecified atom stereocenters. The predicted octanol–water partition coefficient (Wildman–Crippen LogP) is 2.06. The summed E-state index contributed by atoms with van der Waals surface area (Å²) in [6.07, 6.45) is 9.75. The number of rotatable bonds is 4. The maximum absolute atomic E-state index is 5.32. The molecule has 2 nitrogen and oxygen atoms in total. The molecule has 74 valence electrons. The smallest absolute Gasteiger partial charge is 0.0446 e. The molecule has 0 fully saturated rings. The summed E-state index contributed by atoms with van der Waals surface area (Å²) in [4.78, 5) is 4.16. The fourth-order valence-electron chi connectivity index (χ4n) is 1.44. The first-order chi connectivity index (χ1) is 6.77. The molecule has 0 aliphatic rings. The zero-order valence-corrected chi connectivity index (χ0v) is 8.75. The quantitative estimate of drug-likeness (QED) is 0.732. The van der Waals surface area contributed by atoms with E-state index in [9.17, 15) is 0 Å². The molecule has 1 N–H and O–H groups in total. The van der Waals surface area contributed by atoms with Gasteiger partial charge in [0.25, 0.3) is 0 Å². The van der Waals surface area contributed by atoms with Crippen molar-refractivity contribution in [3.63, 3.8) is 0 Å². The highest BCUT2D eigenvalue weighted by molar-refractivity contribution is 5.21. The summed E-state index contributed by atoms with van der Waals surface area (Å²) in [7, 11) is 0. The Bertz CT molecular complexity index is 325. The lowest BCUT2D eigenvalue weighted by Gasteiger charge is -2.15. The fraction of sp³-hybridized carbons (Fsp3) is 0.417. The number of hydrogen-bond donors (Lipinski definition) is 1. The van der Waals surface area contributed by atoms with Crippen molar-refractivity contribution in [3.8, 4) is 12.3 Å². The van der Waals surface area contributed by atoms with Crippen molar-refractivity contribution < 1.29 is 0 Å². The molecular weight excluding hydrogens is 172 g/mol. The zero-order valence-electron chi connectivity index (χ0n) is 8.75. The van der Waals surface area contributed by atoms with Crippen molar-refractivity contribution in [2.45, 2.75) is 26.3 Å². The predicted molar refractivity (Wildman–Crippen MR) is 58.8 cm³/mol. The standard InChI is InChI=1S/C12H16N2/c1-4-6-12(14-5-2)11-7-10(3)8-13-9-11/h1,7-9,12,14H,5-6H2,2-3H3. The summed E-state index contributed by atoms with van der Waals surface area (Å²) in [6, 6.07) is 2.36. The van der Waals surface area contributed by atoms with Gasteiger partial charge in [-0.25, -0.2) is 0 Å². The van der Waals surface area contributed by atoms with Gasteiger partial charge >= 0.3 is 0 Å². The number of aryl methyl sites for hydroxylation is 1. The molecule has 14 heavy (non-hydrogen) atoms. The first-order valence-electron chi connectivity index (χ1n) is 4.86. The van der Waals surface area contributed by atoms with Crippen molar-refractivity contribution >= 4 is 0 Å². The van der Waals surface area contributed by atoms with Crippen LogP contribution in [0.25, 0.3) is 0 Å². The minimum Gasteiger partial charge on any atom is -0.309 e. The molecule has 1 aromatic heterocycles. The number of nitrogens with zero attached hydrogens (tertiary/aromatic N) is 1. The van der Waals surface area contributed by atoms with Gasteiger partial charge in [-0.1, -0.05) is 13.0 Å². The van der Waals surface area contributed by atoms with Crippen molar-refractivity contribution in [1.82, 2.24) is 10.3 Å². The third-order valence-electron chi connectivity index (χ3n) is 2.07. The van der Waals surface area contributed by atoms with Crippen LogP contribution in [-0.2, 0) is 0 Å². The molecular formula is C12H16N2. The number of terminal acetylenes is 1. The van der Waals surface area contributed by atoms with Gasteiger partial charge in [0, 0.05) is 24.9 Å². The summed E-state index contributed by atoms with van der Waals surface area (Å²) in [5.74, 6) is 2.68. The summed E-state index contributed by atoms with van der Waals surface area (Å²) >= 11 is 0. The second kappa shape index (κ2) is 5.41. The molecule has 1 atom stereocenters. The zero-order chi connectivity index (χ0) is 10.4. The molecule has 0 saturated heterocycles. The molecule has 0 aliphatic carbocycles. The largest absolute Gasteiger partial charge is 0.309 e. The van der Waals surface area contributed by atoms with E-state index in [1.807, 2.05) is 19.3 Å². The van der Waals surface area contributed by atoms with E-state index >= 15 is 0 Å². The van der Waals surface area contributed by atoms with E-state index < -0.39 is 0 Å². The summed E-state index contributed by atoms with van der Waals surface area (Å²) < 4.78 is 0. The summed E-state index contributed by atoms with van der Waals surface area (Å²) in [5.41, 5.74) is 2.34. The van der Waals surface area contributed by atoms with Gasteiger partial charge in [0.15, 0.2) is 0 Å². The van der Waals surface area contributed by atoms with E-state index in [0.717, 1.165) is 6.54 Å². The van der Waals surface area contributed by atoms with E-state index in [4.69, 9.17) is 6.42 Å². The van der Waals surface area contributed by atoms with Crippen LogP contribution >= 0.6 is 0 Å². The number of aromatic nitrogens is 1. The molecule has 1 rings (SSSR count). The minimum absolute atomic E-state index is 0.234. The van der Waals surface area contributed by atoms with Crippen molar-refractivity contribution in [1.29, 1.82) is 0 Å². The van der Waals surface area contributed by atoms with Crippen molar-refractivity contribution in [2.24, 2.45) is 0 Å². The molecule has 0 radical (unpaired) electrons. The first kappa shape index (κ1) is 10.7. The van der Waals surface area contributed by atoms with Crippen LogP contribution in [0.2, 0.25) is 0 Å². The lowest BCUT2D eigenvalue weighted by Crippen LogP contribution is -2.20. The molecule has 1 aromatic rings. The maximum atomic E-state index is 5.32. The number of hydrogen-bond acceptors (Lipinski definition) is 2. The first-order valence-corrected chi connectivity index (χ1v) is 4.86. The molecule has 0 spiro atoms.